The summed E-state index contributed by atoms with van der Waals surface area (Å²) in [6.45, 7) is 2.84. The minimum Gasteiger partial charge on any atom is -0.467 e. The minimum atomic E-state index is -0.583. The summed E-state index contributed by atoms with van der Waals surface area (Å²) in [5.41, 5.74) is 0.827. The van der Waals surface area contributed by atoms with Crippen LogP contribution in [0.4, 0.5) is 10.2 Å². The lowest BCUT2D eigenvalue weighted by Gasteiger charge is -2.27. The summed E-state index contributed by atoms with van der Waals surface area (Å²) in [5.74, 6) is 5.88. The zero-order valence-electron chi connectivity index (χ0n) is 22.2. The molecule has 0 bridgehead atoms. The Hall–Kier alpha value is -4.00. The van der Waals surface area contributed by atoms with Gasteiger partial charge in [0.1, 0.15) is 17.0 Å². The van der Waals surface area contributed by atoms with E-state index in [4.69, 9.17) is 16.3 Å². The van der Waals surface area contributed by atoms with Crippen molar-refractivity contribution in [3.05, 3.63) is 53.4 Å². The number of amides is 1. The van der Waals surface area contributed by atoms with Crippen LogP contribution in [0.5, 0.6) is 6.01 Å². The van der Waals surface area contributed by atoms with Crippen LogP contribution in [0.1, 0.15) is 12.8 Å². The molecule has 0 saturated carbocycles. The first-order valence-electron chi connectivity index (χ1n) is 13.3. The Balaban J connectivity index is 1.34. The predicted molar refractivity (Wildman–Crippen MR) is 154 cm³/mol. The summed E-state index contributed by atoms with van der Waals surface area (Å²) >= 11 is 6.51. The van der Waals surface area contributed by atoms with Gasteiger partial charge >= 0.3 is 6.01 Å². The molecule has 4 heterocycles. The maximum Gasteiger partial charge on any atom is 0.318 e. The summed E-state index contributed by atoms with van der Waals surface area (Å²) in [4.78, 5) is 29.9. The van der Waals surface area contributed by atoms with Gasteiger partial charge in [0.25, 0.3) is 5.91 Å². The van der Waals surface area contributed by atoms with Crippen molar-refractivity contribution >= 4 is 45.0 Å². The topological polar surface area (TPSA) is 83.5 Å². The highest BCUT2D eigenvalue weighted by Crippen LogP contribution is 2.37. The van der Waals surface area contributed by atoms with Crippen LogP contribution in [0, 0.1) is 23.6 Å². The molecule has 4 aromatic rings. The number of likely N-dealkylation sites (N-methyl/N-ethyl adjacent to an activating group) is 1. The third-order valence-electron chi connectivity index (χ3n) is 7.71. The van der Waals surface area contributed by atoms with E-state index in [1.165, 1.54) is 7.11 Å². The summed E-state index contributed by atoms with van der Waals surface area (Å²) in [5, 5.41) is 5.84. The van der Waals surface area contributed by atoms with E-state index in [9.17, 15) is 4.79 Å². The number of carbonyl (C=O) groups excluding carboxylic acids is 1. The molecular weight excluding hydrogens is 531 g/mol. The molecule has 2 aliphatic heterocycles. The maximum absolute atomic E-state index is 16.2. The molecule has 0 aliphatic carbocycles. The van der Waals surface area contributed by atoms with E-state index in [1.54, 1.807) is 23.2 Å². The SMILES string of the molecule is COc1nc(N(C)C2CCN(C(=O)C#CC3CCNC3)C2)c2cnc(-c3cccc4cccc(Cl)c34)c(F)c2n1. The van der Waals surface area contributed by atoms with Crippen molar-refractivity contribution in [1.29, 1.82) is 0 Å². The van der Waals surface area contributed by atoms with E-state index in [1.807, 2.05) is 36.2 Å². The maximum atomic E-state index is 16.2. The molecule has 40 heavy (non-hydrogen) atoms. The predicted octanol–water partition coefficient (Wildman–Crippen LogP) is 4.30. The molecular formula is C30H28ClFN6O2. The molecule has 2 aromatic carbocycles. The molecule has 1 N–H and O–H groups in total. The molecule has 1 amide bonds. The number of methoxy groups -OCH3 is 1. The lowest BCUT2D eigenvalue weighted by atomic mass is 10.0. The molecule has 2 aliphatic rings. The molecule has 6 rings (SSSR count). The van der Waals surface area contributed by atoms with Crippen molar-refractivity contribution in [2.45, 2.75) is 18.9 Å². The molecule has 2 unspecified atom stereocenters. The van der Waals surface area contributed by atoms with Crippen LogP contribution in [0.15, 0.2) is 42.6 Å². The molecule has 0 radical (unpaired) electrons. The molecule has 2 saturated heterocycles. The van der Waals surface area contributed by atoms with Crippen LogP contribution < -0.4 is 15.0 Å². The van der Waals surface area contributed by atoms with Crippen molar-refractivity contribution in [3.63, 3.8) is 0 Å². The zero-order chi connectivity index (χ0) is 27.8. The molecule has 10 heteroatoms. The van der Waals surface area contributed by atoms with Gasteiger partial charge in [0.05, 0.1) is 12.5 Å². The van der Waals surface area contributed by atoms with Crippen LogP contribution in [-0.4, -0.2) is 72.1 Å². The second-order valence-corrected chi connectivity index (χ2v) is 10.5. The lowest BCUT2D eigenvalue weighted by Crippen LogP contribution is -2.37. The molecule has 2 atom stereocenters. The number of likely N-dealkylation sites (tertiary alicyclic amines) is 1. The number of hydrogen-bond donors (Lipinski definition) is 1. The standard InChI is InChI=1S/C30H28ClFN6O2/c1-37(20-12-14-38(17-20)24(39)10-9-18-11-13-33-15-18)29-22-16-34-27(26(32)28(22)35-30(36-29)40-2)21-7-3-5-19-6-4-8-23(31)25(19)21/h3-8,16,18,20,33H,11-15,17H2,1-2H3. The highest BCUT2D eigenvalue weighted by atomic mass is 35.5. The van der Waals surface area contributed by atoms with Crippen molar-refractivity contribution in [3.8, 4) is 29.1 Å². The number of pyridine rings is 1. The van der Waals surface area contributed by atoms with Crippen LogP contribution in [0.2, 0.25) is 5.02 Å². The Bertz CT molecular complexity index is 1670. The third kappa shape index (κ3) is 4.78. The summed E-state index contributed by atoms with van der Waals surface area (Å²) in [7, 11) is 3.33. The highest BCUT2D eigenvalue weighted by molar-refractivity contribution is 6.36. The molecule has 204 valence electrons. The van der Waals surface area contributed by atoms with Crippen LogP contribution in [-0.2, 0) is 4.79 Å². The number of benzene rings is 2. The number of aromatic nitrogens is 3. The highest BCUT2D eigenvalue weighted by Gasteiger charge is 2.31. The lowest BCUT2D eigenvalue weighted by molar-refractivity contribution is -0.124. The van der Waals surface area contributed by atoms with E-state index in [0.29, 0.717) is 34.9 Å². The van der Waals surface area contributed by atoms with Gasteiger partial charge in [0.15, 0.2) is 5.82 Å². The van der Waals surface area contributed by atoms with E-state index in [2.05, 4.69) is 32.1 Å². The Kier molecular flexibility index (Phi) is 7.13. The van der Waals surface area contributed by atoms with Gasteiger partial charge in [-0.25, -0.2) is 4.39 Å². The van der Waals surface area contributed by atoms with Gasteiger partial charge in [-0.2, -0.15) is 9.97 Å². The van der Waals surface area contributed by atoms with Crippen LogP contribution in [0.25, 0.3) is 32.9 Å². The first kappa shape index (κ1) is 26.2. The minimum absolute atomic E-state index is 0.0404. The first-order chi connectivity index (χ1) is 19.4. The quantitative estimate of drug-likeness (QED) is 0.374. The second-order valence-electron chi connectivity index (χ2n) is 10.1. The normalized spacial score (nSPS) is 18.6. The number of nitrogens with one attached hydrogen (secondary N) is 1. The zero-order valence-corrected chi connectivity index (χ0v) is 23.0. The van der Waals surface area contributed by atoms with E-state index in [0.717, 1.165) is 36.7 Å². The summed E-state index contributed by atoms with van der Waals surface area (Å²) < 4.78 is 21.6. The number of ether oxygens (including phenoxy) is 1. The summed E-state index contributed by atoms with van der Waals surface area (Å²) in [6.07, 6.45) is 3.28. The van der Waals surface area contributed by atoms with E-state index >= 15 is 4.39 Å². The number of hydrogen-bond acceptors (Lipinski definition) is 7. The molecule has 8 nitrogen and oxygen atoms in total. The Morgan fingerprint density at radius 3 is 2.83 bits per heavy atom. The first-order valence-corrected chi connectivity index (χ1v) is 13.6. The molecule has 2 aromatic heterocycles. The van der Waals surface area contributed by atoms with Gasteiger partial charge in [-0.05, 0) is 36.8 Å². The fourth-order valence-electron chi connectivity index (χ4n) is 5.50. The van der Waals surface area contributed by atoms with Gasteiger partial charge in [-0.3, -0.25) is 9.78 Å². The largest absolute Gasteiger partial charge is 0.467 e. The third-order valence-corrected chi connectivity index (χ3v) is 8.03. The smallest absolute Gasteiger partial charge is 0.318 e. The van der Waals surface area contributed by atoms with Gasteiger partial charge in [-0.15, -0.1) is 0 Å². The Morgan fingerprint density at radius 2 is 2.05 bits per heavy atom. The van der Waals surface area contributed by atoms with Crippen molar-refractivity contribution in [2.75, 3.05) is 45.2 Å². The van der Waals surface area contributed by atoms with Gasteiger partial charge < -0.3 is 19.9 Å². The van der Waals surface area contributed by atoms with Crippen molar-refractivity contribution < 1.29 is 13.9 Å². The average Bonchev–Trinajstić information content (AvgIpc) is 3.68. The second kappa shape index (κ2) is 10.9. The molecule has 0 spiro atoms. The number of fused-ring (bicyclic) bond motifs is 2. The van der Waals surface area contributed by atoms with Crippen molar-refractivity contribution in [2.24, 2.45) is 5.92 Å². The van der Waals surface area contributed by atoms with E-state index in [-0.39, 0.29) is 35.1 Å². The van der Waals surface area contributed by atoms with E-state index < -0.39 is 5.82 Å². The molecule has 2 fully saturated rings. The number of anilines is 1. The average molecular weight is 559 g/mol. The number of nitrogens with zero attached hydrogens (tertiary/aromatic N) is 5. The van der Waals surface area contributed by atoms with Gasteiger partial charge in [0, 0.05) is 60.8 Å². The van der Waals surface area contributed by atoms with Crippen molar-refractivity contribution in [1.82, 2.24) is 25.2 Å². The fraction of sp³-hybridized carbons (Fsp3) is 0.333. The van der Waals surface area contributed by atoms with Gasteiger partial charge in [-0.1, -0.05) is 47.9 Å². The summed E-state index contributed by atoms with van der Waals surface area (Å²) in [6, 6.07) is 11.1. The van der Waals surface area contributed by atoms with Crippen LogP contribution in [0.3, 0.4) is 0 Å². The fourth-order valence-corrected chi connectivity index (χ4v) is 5.78. The van der Waals surface area contributed by atoms with Gasteiger partial charge in [0.2, 0.25) is 0 Å². The number of rotatable bonds is 4. The Morgan fingerprint density at radius 1 is 1.23 bits per heavy atom. The number of halogens is 2. The Labute approximate surface area is 236 Å². The van der Waals surface area contributed by atoms with Crippen LogP contribution >= 0.6 is 11.6 Å². The monoisotopic (exact) mass is 558 g/mol. The number of carbonyl (C=O) groups is 1.